The molecule has 0 aliphatic carbocycles. The van der Waals surface area contributed by atoms with E-state index in [2.05, 4.69) is 10.6 Å². The molecule has 0 heterocycles. The van der Waals surface area contributed by atoms with Crippen LogP contribution >= 0.6 is 12.4 Å². The maximum atomic E-state index is 12.9. The van der Waals surface area contributed by atoms with E-state index in [9.17, 15) is 18.0 Å². The molecule has 7 heteroatoms. The van der Waals surface area contributed by atoms with Crippen LogP contribution in [0.5, 0.6) is 0 Å². The van der Waals surface area contributed by atoms with E-state index in [-0.39, 0.29) is 30.3 Å². The maximum Gasteiger partial charge on any atom is 0.416 e. The van der Waals surface area contributed by atoms with Gasteiger partial charge >= 0.3 is 6.18 Å². The fourth-order valence-electron chi connectivity index (χ4n) is 2.14. The standard InChI is InChI=1S/C15H21F3N2O.ClH/c1-11(10-14(21)20-9-5-8-19-2)12-6-3-4-7-13(12)15(16,17)18;/h3-4,6-7,11,19H,5,8-10H2,1-2H3,(H,20,21);1H. The minimum atomic E-state index is -4.39. The first-order valence-electron chi connectivity index (χ1n) is 6.93. The smallest absolute Gasteiger partial charge is 0.356 e. The Labute approximate surface area is 135 Å². The topological polar surface area (TPSA) is 41.1 Å². The van der Waals surface area contributed by atoms with Crippen molar-refractivity contribution in [3.05, 3.63) is 35.4 Å². The van der Waals surface area contributed by atoms with Crippen LogP contribution in [-0.2, 0) is 11.0 Å². The average Bonchev–Trinajstić information content (AvgIpc) is 2.42. The molecule has 22 heavy (non-hydrogen) atoms. The molecular formula is C15H22ClF3N2O. The fourth-order valence-corrected chi connectivity index (χ4v) is 2.14. The van der Waals surface area contributed by atoms with Crippen molar-refractivity contribution in [2.75, 3.05) is 20.1 Å². The monoisotopic (exact) mass is 338 g/mol. The lowest BCUT2D eigenvalue weighted by Gasteiger charge is -2.18. The number of halogens is 4. The average molecular weight is 339 g/mol. The zero-order chi connectivity index (χ0) is 15.9. The molecular weight excluding hydrogens is 317 g/mol. The molecule has 0 aliphatic heterocycles. The normalized spacial score (nSPS) is 12.4. The molecule has 0 radical (unpaired) electrons. The van der Waals surface area contributed by atoms with E-state index < -0.39 is 17.7 Å². The molecule has 0 saturated heterocycles. The third-order valence-electron chi connectivity index (χ3n) is 3.21. The van der Waals surface area contributed by atoms with Gasteiger partial charge in [-0.2, -0.15) is 13.2 Å². The molecule has 0 saturated carbocycles. The maximum absolute atomic E-state index is 12.9. The van der Waals surface area contributed by atoms with E-state index in [0.717, 1.165) is 19.0 Å². The van der Waals surface area contributed by atoms with Crippen LogP contribution in [0.4, 0.5) is 13.2 Å². The molecule has 0 aromatic heterocycles. The third-order valence-corrected chi connectivity index (χ3v) is 3.21. The van der Waals surface area contributed by atoms with Gasteiger partial charge in [0, 0.05) is 13.0 Å². The van der Waals surface area contributed by atoms with Crippen LogP contribution in [0.3, 0.4) is 0 Å². The van der Waals surface area contributed by atoms with E-state index in [1.54, 1.807) is 13.0 Å². The van der Waals surface area contributed by atoms with Gasteiger partial charge in [-0.1, -0.05) is 25.1 Å². The summed E-state index contributed by atoms with van der Waals surface area (Å²) >= 11 is 0. The molecule has 2 N–H and O–H groups in total. The Morgan fingerprint density at radius 2 is 1.86 bits per heavy atom. The Hall–Kier alpha value is -1.27. The van der Waals surface area contributed by atoms with Gasteiger partial charge in [-0.05, 0) is 37.6 Å². The van der Waals surface area contributed by atoms with Crippen molar-refractivity contribution in [1.82, 2.24) is 10.6 Å². The van der Waals surface area contributed by atoms with Gasteiger partial charge in [-0.3, -0.25) is 4.79 Å². The highest BCUT2D eigenvalue weighted by molar-refractivity contribution is 5.85. The summed E-state index contributed by atoms with van der Waals surface area (Å²) in [5.74, 6) is -0.706. The van der Waals surface area contributed by atoms with Crippen LogP contribution in [0.2, 0.25) is 0 Å². The molecule has 0 fully saturated rings. The molecule has 1 aromatic rings. The summed E-state index contributed by atoms with van der Waals surface area (Å²) in [6.45, 7) is 2.94. The molecule has 126 valence electrons. The van der Waals surface area contributed by atoms with Crippen LogP contribution < -0.4 is 10.6 Å². The summed E-state index contributed by atoms with van der Waals surface area (Å²) in [5.41, 5.74) is -0.504. The van der Waals surface area contributed by atoms with E-state index >= 15 is 0 Å². The van der Waals surface area contributed by atoms with E-state index in [0.29, 0.717) is 6.54 Å². The van der Waals surface area contributed by atoms with Gasteiger partial charge in [0.25, 0.3) is 0 Å². The fraction of sp³-hybridized carbons (Fsp3) is 0.533. The molecule has 1 atom stereocenters. The van der Waals surface area contributed by atoms with E-state index in [1.165, 1.54) is 12.1 Å². The Kier molecular flexibility index (Phi) is 9.13. The minimum Gasteiger partial charge on any atom is -0.356 e. The van der Waals surface area contributed by atoms with Crippen LogP contribution in [0.25, 0.3) is 0 Å². The second-order valence-electron chi connectivity index (χ2n) is 5.00. The van der Waals surface area contributed by atoms with Crippen LogP contribution in [0.1, 0.15) is 36.8 Å². The van der Waals surface area contributed by atoms with Gasteiger partial charge in [0.15, 0.2) is 0 Å². The van der Waals surface area contributed by atoms with Crippen molar-refractivity contribution < 1.29 is 18.0 Å². The van der Waals surface area contributed by atoms with Crippen molar-refractivity contribution >= 4 is 18.3 Å². The summed E-state index contributed by atoms with van der Waals surface area (Å²) in [6.07, 6.45) is -3.56. The number of nitrogens with one attached hydrogen (secondary N) is 2. The molecule has 1 unspecified atom stereocenters. The van der Waals surface area contributed by atoms with Crippen molar-refractivity contribution in [2.24, 2.45) is 0 Å². The first-order valence-corrected chi connectivity index (χ1v) is 6.93. The zero-order valence-electron chi connectivity index (χ0n) is 12.7. The lowest BCUT2D eigenvalue weighted by atomic mass is 9.92. The van der Waals surface area contributed by atoms with Crippen molar-refractivity contribution in [2.45, 2.75) is 31.9 Å². The van der Waals surface area contributed by atoms with Gasteiger partial charge in [0.1, 0.15) is 0 Å². The Morgan fingerprint density at radius 1 is 1.23 bits per heavy atom. The highest BCUT2D eigenvalue weighted by Crippen LogP contribution is 2.35. The molecule has 1 rings (SSSR count). The molecule has 1 amide bonds. The molecule has 0 spiro atoms. The lowest BCUT2D eigenvalue weighted by molar-refractivity contribution is -0.138. The summed E-state index contributed by atoms with van der Waals surface area (Å²) in [7, 11) is 1.82. The Balaban J connectivity index is 0.00000441. The molecule has 3 nitrogen and oxygen atoms in total. The van der Waals surface area contributed by atoms with Crippen LogP contribution in [0, 0.1) is 0 Å². The number of amides is 1. The number of hydrogen-bond acceptors (Lipinski definition) is 2. The second-order valence-corrected chi connectivity index (χ2v) is 5.00. The predicted molar refractivity (Wildman–Crippen MR) is 83.3 cm³/mol. The first-order chi connectivity index (χ1) is 9.86. The van der Waals surface area contributed by atoms with Crippen molar-refractivity contribution in [3.63, 3.8) is 0 Å². The SMILES string of the molecule is CNCCCNC(=O)CC(C)c1ccccc1C(F)(F)F.Cl. The number of alkyl halides is 3. The van der Waals surface area contributed by atoms with Gasteiger partial charge < -0.3 is 10.6 Å². The largest absolute Gasteiger partial charge is 0.416 e. The summed E-state index contributed by atoms with van der Waals surface area (Å²) < 4.78 is 38.8. The van der Waals surface area contributed by atoms with E-state index in [4.69, 9.17) is 0 Å². The molecule has 0 bridgehead atoms. The first kappa shape index (κ1) is 20.7. The minimum absolute atomic E-state index is 0. The highest BCUT2D eigenvalue weighted by Gasteiger charge is 2.34. The Bertz CT molecular complexity index is 466. The van der Waals surface area contributed by atoms with E-state index in [1.807, 2.05) is 7.05 Å². The number of benzene rings is 1. The number of hydrogen-bond donors (Lipinski definition) is 2. The molecule has 1 aromatic carbocycles. The lowest BCUT2D eigenvalue weighted by Crippen LogP contribution is -2.27. The highest BCUT2D eigenvalue weighted by atomic mass is 35.5. The van der Waals surface area contributed by atoms with Gasteiger partial charge in [-0.25, -0.2) is 0 Å². The molecule has 0 aliphatic rings. The second kappa shape index (κ2) is 9.69. The number of carbonyl (C=O) groups excluding carboxylic acids is 1. The quantitative estimate of drug-likeness (QED) is 0.749. The summed E-state index contributed by atoms with van der Waals surface area (Å²) in [6, 6.07) is 5.40. The van der Waals surface area contributed by atoms with Gasteiger partial charge in [0.2, 0.25) is 5.91 Å². The zero-order valence-corrected chi connectivity index (χ0v) is 13.5. The van der Waals surface area contributed by atoms with Gasteiger partial charge in [0.05, 0.1) is 5.56 Å². The van der Waals surface area contributed by atoms with Crippen molar-refractivity contribution in [3.8, 4) is 0 Å². The van der Waals surface area contributed by atoms with Crippen LogP contribution in [0.15, 0.2) is 24.3 Å². The van der Waals surface area contributed by atoms with Crippen LogP contribution in [-0.4, -0.2) is 26.0 Å². The Morgan fingerprint density at radius 3 is 2.45 bits per heavy atom. The summed E-state index contributed by atoms with van der Waals surface area (Å²) in [5, 5.41) is 5.67. The third kappa shape index (κ3) is 6.66. The van der Waals surface area contributed by atoms with Gasteiger partial charge in [-0.15, -0.1) is 12.4 Å². The number of rotatable bonds is 7. The predicted octanol–water partition coefficient (Wildman–Crippen LogP) is 3.35. The summed E-state index contributed by atoms with van der Waals surface area (Å²) in [4.78, 5) is 11.7. The number of carbonyl (C=O) groups is 1. The van der Waals surface area contributed by atoms with Crippen molar-refractivity contribution in [1.29, 1.82) is 0 Å².